The van der Waals surface area contributed by atoms with Crippen molar-refractivity contribution in [1.29, 1.82) is 0 Å². The Bertz CT molecular complexity index is 464. The lowest BCUT2D eigenvalue weighted by Gasteiger charge is -2.27. The largest absolute Gasteiger partial charge is 0.345 e. The number of aryl methyl sites for hydroxylation is 2. The van der Waals surface area contributed by atoms with E-state index in [1.165, 1.54) is 24.0 Å². The molecule has 2 rings (SSSR count). The summed E-state index contributed by atoms with van der Waals surface area (Å²) in [5, 5.41) is 3.40. The third kappa shape index (κ3) is 4.07. The monoisotopic (exact) mass is 274 g/mol. The Kier molecular flexibility index (Phi) is 5.18. The second-order valence-corrected chi connectivity index (χ2v) is 6.08. The molecule has 1 aromatic carbocycles. The normalized spacial score (nSPS) is 18.9. The van der Waals surface area contributed by atoms with Gasteiger partial charge in [-0.05, 0) is 62.4 Å². The number of carbonyl (C=O) groups excluding carboxylic acids is 1. The van der Waals surface area contributed by atoms with Gasteiger partial charge in [-0.1, -0.05) is 18.2 Å². The van der Waals surface area contributed by atoms with E-state index < -0.39 is 0 Å². The van der Waals surface area contributed by atoms with Gasteiger partial charge in [-0.2, -0.15) is 0 Å². The molecule has 1 aliphatic rings. The molecule has 1 fully saturated rings. The lowest BCUT2D eigenvalue weighted by molar-refractivity contribution is -0.129. The lowest BCUT2D eigenvalue weighted by Crippen LogP contribution is -2.39. The fourth-order valence-corrected chi connectivity index (χ4v) is 2.79. The van der Waals surface area contributed by atoms with Crippen LogP contribution in [0.1, 0.15) is 29.5 Å². The number of piperidine rings is 1. The molecule has 3 nitrogen and oxygen atoms in total. The minimum atomic E-state index is 0.221. The van der Waals surface area contributed by atoms with Gasteiger partial charge in [-0.15, -0.1) is 0 Å². The predicted molar refractivity (Wildman–Crippen MR) is 82.9 cm³/mol. The summed E-state index contributed by atoms with van der Waals surface area (Å²) in [6.07, 6.45) is 2.97. The third-order valence-corrected chi connectivity index (χ3v) is 4.28. The fraction of sp³-hybridized carbons (Fsp3) is 0.588. The van der Waals surface area contributed by atoms with Gasteiger partial charge >= 0.3 is 0 Å². The molecule has 0 spiro atoms. The number of benzene rings is 1. The second-order valence-electron chi connectivity index (χ2n) is 6.08. The number of hydrogen-bond donors (Lipinski definition) is 1. The zero-order valence-corrected chi connectivity index (χ0v) is 12.9. The Labute approximate surface area is 122 Å². The maximum absolute atomic E-state index is 12.3. The molecule has 0 bridgehead atoms. The van der Waals surface area contributed by atoms with Crippen molar-refractivity contribution < 1.29 is 4.79 Å². The third-order valence-electron chi connectivity index (χ3n) is 4.28. The van der Waals surface area contributed by atoms with E-state index in [0.29, 0.717) is 12.3 Å². The molecular formula is C17H26N2O. The van der Waals surface area contributed by atoms with Gasteiger partial charge in [-0.25, -0.2) is 0 Å². The fourth-order valence-electron chi connectivity index (χ4n) is 2.79. The highest BCUT2D eigenvalue weighted by Gasteiger charge is 2.18. The highest BCUT2D eigenvalue weighted by Crippen LogP contribution is 2.14. The van der Waals surface area contributed by atoms with Gasteiger partial charge in [-0.3, -0.25) is 4.79 Å². The molecule has 1 unspecified atom stereocenters. The summed E-state index contributed by atoms with van der Waals surface area (Å²) in [6, 6.07) is 6.29. The molecule has 20 heavy (non-hydrogen) atoms. The van der Waals surface area contributed by atoms with Crippen LogP contribution in [0.25, 0.3) is 0 Å². The maximum Gasteiger partial charge on any atom is 0.226 e. The standard InChI is InChI=1S/C17H26N2O/c1-13-6-7-15(9-14(13)2)10-17(20)19(3)12-16-5-4-8-18-11-16/h6-7,9,16,18H,4-5,8,10-12H2,1-3H3. The number of hydrogen-bond acceptors (Lipinski definition) is 2. The summed E-state index contributed by atoms with van der Waals surface area (Å²) < 4.78 is 0. The Balaban J connectivity index is 1.88. The van der Waals surface area contributed by atoms with Crippen molar-refractivity contribution in [1.82, 2.24) is 10.2 Å². The summed E-state index contributed by atoms with van der Waals surface area (Å²) in [5.41, 5.74) is 3.66. The van der Waals surface area contributed by atoms with Crippen LogP contribution >= 0.6 is 0 Å². The quantitative estimate of drug-likeness (QED) is 0.914. The summed E-state index contributed by atoms with van der Waals surface area (Å²) in [5.74, 6) is 0.830. The van der Waals surface area contributed by atoms with Crippen LogP contribution in [0.2, 0.25) is 0 Å². The molecule has 1 heterocycles. The summed E-state index contributed by atoms with van der Waals surface area (Å²) in [4.78, 5) is 14.2. The second kappa shape index (κ2) is 6.89. The van der Waals surface area contributed by atoms with Crippen LogP contribution in [0, 0.1) is 19.8 Å². The minimum absolute atomic E-state index is 0.221. The topological polar surface area (TPSA) is 32.3 Å². The van der Waals surface area contributed by atoms with Crippen LogP contribution in [0.4, 0.5) is 0 Å². The lowest BCUT2D eigenvalue weighted by atomic mass is 9.99. The predicted octanol–water partition coefficient (Wildman–Crippen LogP) is 2.30. The zero-order valence-electron chi connectivity index (χ0n) is 12.9. The first kappa shape index (κ1) is 15.0. The highest BCUT2D eigenvalue weighted by molar-refractivity contribution is 5.78. The highest BCUT2D eigenvalue weighted by atomic mass is 16.2. The molecule has 3 heteroatoms. The maximum atomic E-state index is 12.3. The van der Waals surface area contributed by atoms with Crippen molar-refractivity contribution in [2.75, 3.05) is 26.7 Å². The van der Waals surface area contributed by atoms with Gasteiger partial charge < -0.3 is 10.2 Å². The van der Waals surface area contributed by atoms with Crippen LogP contribution in [0.5, 0.6) is 0 Å². The summed E-state index contributed by atoms with van der Waals surface area (Å²) in [7, 11) is 1.93. The van der Waals surface area contributed by atoms with E-state index in [0.717, 1.165) is 25.2 Å². The van der Waals surface area contributed by atoms with Crippen LogP contribution in [-0.4, -0.2) is 37.5 Å². The SMILES string of the molecule is Cc1ccc(CC(=O)N(C)CC2CCCNC2)cc1C. The van der Waals surface area contributed by atoms with Crippen LogP contribution in [0.3, 0.4) is 0 Å². The Hall–Kier alpha value is -1.35. The van der Waals surface area contributed by atoms with Crippen molar-refractivity contribution in [3.8, 4) is 0 Å². The molecule has 0 aliphatic carbocycles. The molecule has 1 amide bonds. The molecular weight excluding hydrogens is 248 g/mol. The first-order chi connectivity index (χ1) is 9.56. The van der Waals surface area contributed by atoms with Crippen molar-refractivity contribution in [2.45, 2.75) is 33.1 Å². The Morgan fingerprint density at radius 3 is 2.80 bits per heavy atom. The number of nitrogens with one attached hydrogen (secondary N) is 1. The number of carbonyl (C=O) groups is 1. The average molecular weight is 274 g/mol. The number of rotatable bonds is 4. The van der Waals surface area contributed by atoms with Crippen LogP contribution in [-0.2, 0) is 11.2 Å². The van der Waals surface area contributed by atoms with Crippen molar-refractivity contribution in [3.63, 3.8) is 0 Å². The van der Waals surface area contributed by atoms with E-state index >= 15 is 0 Å². The number of amides is 1. The van der Waals surface area contributed by atoms with E-state index in [1.54, 1.807) is 0 Å². The van der Waals surface area contributed by atoms with Crippen molar-refractivity contribution in [2.24, 2.45) is 5.92 Å². The molecule has 1 atom stereocenters. The van der Waals surface area contributed by atoms with Gasteiger partial charge in [0, 0.05) is 13.6 Å². The van der Waals surface area contributed by atoms with Crippen LogP contribution in [0.15, 0.2) is 18.2 Å². The molecule has 1 saturated heterocycles. The van der Waals surface area contributed by atoms with E-state index in [2.05, 4.69) is 37.4 Å². The van der Waals surface area contributed by atoms with E-state index in [4.69, 9.17) is 0 Å². The number of likely N-dealkylation sites (N-methyl/N-ethyl adjacent to an activating group) is 1. The van der Waals surface area contributed by atoms with E-state index in [1.807, 2.05) is 11.9 Å². The van der Waals surface area contributed by atoms with Gasteiger partial charge in [0.25, 0.3) is 0 Å². The minimum Gasteiger partial charge on any atom is -0.345 e. The Morgan fingerprint density at radius 1 is 1.35 bits per heavy atom. The summed E-state index contributed by atoms with van der Waals surface area (Å²) in [6.45, 7) is 7.23. The molecule has 0 saturated carbocycles. The molecule has 1 aliphatic heterocycles. The average Bonchev–Trinajstić information content (AvgIpc) is 2.44. The summed E-state index contributed by atoms with van der Waals surface area (Å²) >= 11 is 0. The number of nitrogens with zero attached hydrogens (tertiary/aromatic N) is 1. The molecule has 110 valence electrons. The molecule has 1 aromatic rings. The van der Waals surface area contributed by atoms with Crippen molar-refractivity contribution in [3.05, 3.63) is 34.9 Å². The molecule has 0 aromatic heterocycles. The van der Waals surface area contributed by atoms with Gasteiger partial charge in [0.2, 0.25) is 5.91 Å². The van der Waals surface area contributed by atoms with Gasteiger partial charge in [0.05, 0.1) is 6.42 Å². The van der Waals surface area contributed by atoms with Crippen molar-refractivity contribution >= 4 is 5.91 Å². The molecule has 1 N–H and O–H groups in total. The zero-order chi connectivity index (χ0) is 14.5. The van der Waals surface area contributed by atoms with E-state index in [9.17, 15) is 4.79 Å². The first-order valence-corrected chi connectivity index (χ1v) is 7.57. The van der Waals surface area contributed by atoms with Crippen LogP contribution < -0.4 is 5.32 Å². The smallest absolute Gasteiger partial charge is 0.226 e. The van der Waals surface area contributed by atoms with Gasteiger partial charge in [0.15, 0.2) is 0 Å². The first-order valence-electron chi connectivity index (χ1n) is 7.57. The van der Waals surface area contributed by atoms with E-state index in [-0.39, 0.29) is 5.91 Å². The molecule has 0 radical (unpaired) electrons. The Morgan fingerprint density at radius 2 is 2.15 bits per heavy atom. The van der Waals surface area contributed by atoms with Gasteiger partial charge in [0.1, 0.15) is 0 Å².